The van der Waals surface area contributed by atoms with E-state index in [1.54, 1.807) is 0 Å². The molecule has 0 unspecified atom stereocenters. The molecule has 1 aromatic heterocycles. The second-order valence-corrected chi connectivity index (χ2v) is 5.20. The highest BCUT2D eigenvalue weighted by molar-refractivity contribution is 7.18. The molecule has 0 aliphatic carbocycles. The Labute approximate surface area is 114 Å². The van der Waals surface area contributed by atoms with E-state index in [1.807, 2.05) is 23.1 Å². The molecule has 3 rings (SSSR count). The van der Waals surface area contributed by atoms with Crippen LogP contribution in [0.5, 0.6) is 0 Å². The maximum Gasteiger partial charge on any atom is 0.345 e. The molecule has 1 aliphatic rings. The Kier molecular flexibility index (Phi) is 3.00. The van der Waals surface area contributed by atoms with Crippen molar-refractivity contribution in [3.8, 4) is 0 Å². The van der Waals surface area contributed by atoms with Gasteiger partial charge in [0, 0.05) is 13.1 Å². The molecule has 2 aromatic rings. The number of nitro groups is 1. The smallest absolute Gasteiger partial charge is 0.340 e. The minimum absolute atomic E-state index is 0.0863. The predicted octanol–water partition coefficient (Wildman–Crippen LogP) is 2.95. The third kappa shape index (κ3) is 2.34. The number of thiazole rings is 1. The van der Waals surface area contributed by atoms with Crippen LogP contribution in [0.2, 0.25) is 0 Å². The van der Waals surface area contributed by atoms with E-state index in [0.717, 1.165) is 24.4 Å². The summed E-state index contributed by atoms with van der Waals surface area (Å²) < 4.78 is 0. The number of hydrogen-bond acceptors (Lipinski definition) is 5. The fourth-order valence-corrected chi connectivity index (χ4v) is 2.79. The lowest BCUT2D eigenvalue weighted by Gasteiger charge is -2.14. The molecule has 0 amide bonds. The van der Waals surface area contributed by atoms with Crippen LogP contribution >= 0.6 is 11.3 Å². The lowest BCUT2D eigenvalue weighted by Crippen LogP contribution is -2.19. The van der Waals surface area contributed by atoms with Crippen molar-refractivity contribution in [2.24, 2.45) is 0 Å². The standard InChI is InChI=1S/C13H11N3O2S/c17-16(18)12-8-14-13(19-12)15-7-6-11(9-15)10-4-2-1-3-5-10/h1-6,8H,7,9H2. The van der Waals surface area contributed by atoms with Gasteiger partial charge in [-0.05, 0) is 22.5 Å². The Hall–Kier alpha value is -2.21. The zero-order valence-electron chi connectivity index (χ0n) is 10.0. The van der Waals surface area contributed by atoms with E-state index in [4.69, 9.17) is 0 Å². The van der Waals surface area contributed by atoms with Crippen LogP contribution in [0.25, 0.3) is 5.57 Å². The van der Waals surface area contributed by atoms with Crippen LogP contribution in [0, 0.1) is 10.1 Å². The number of benzene rings is 1. The van der Waals surface area contributed by atoms with E-state index in [9.17, 15) is 10.1 Å². The SMILES string of the molecule is O=[N+]([O-])c1cnc(N2CC=C(c3ccccc3)C2)s1. The first-order valence-electron chi connectivity index (χ1n) is 5.83. The number of aromatic nitrogens is 1. The number of hydrogen-bond donors (Lipinski definition) is 0. The van der Waals surface area contributed by atoms with Crippen molar-refractivity contribution in [1.29, 1.82) is 0 Å². The maximum absolute atomic E-state index is 10.7. The van der Waals surface area contributed by atoms with E-state index >= 15 is 0 Å². The van der Waals surface area contributed by atoms with Crippen molar-refractivity contribution in [2.75, 3.05) is 18.0 Å². The molecule has 0 atom stereocenters. The molecule has 2 heterocycles. The highest BCUT2D eigenvalue weighted by atomic mass is 32.1. The van der Waals surface area contributed by atoms with Crippen molar-refractivity contribution < 1.29 is 4.92 Å². The van der Waals surface area contributed by atoms with Crippen LogP contribution in [-0.4, -0.2) is 23.0 Å². The van der Waals surface area contributed by atoms with Crippen LogP contribution in [0.3, 0.4) is 0 Å². The number of rotatable bonds is 3. The first-order valence-corrected chi connectivity index (χ1v) is 6.65. The molecule has 0 spiro atoms. The Bertz CT molecular complexity index is 636. The van der Waals surface area contributed by atoms with Gasteiger partial charge in [-0.25, -0.2) is 4.98 Å². The van der Waals surface area contributed by atoms with Crippen LogP contribution in [-0.2, 0) is 0 Å². The van der Waals surface area contributed by atoms with Gasteiger partial charge in [0.25, 0.3) is 0 Å². The molecular weight excluding hydrogens is 262 g/mol. The van der Waals surface area contributed by atoms with E-state index < -0.39 is 4.92 Å². The minimum atomic E-state index is -0.400. The van der Waals surface area contributed by atoms with Gasteiger partial charge in [-0.15, -0.1) is 0 Å². The monoisotopic (exact) mass is 273 g/mol. The lowest BCUT2D eigenvalue weighted by atomic mass is 10.1. The summed E-state index contributed by atoms with van der Waals surface area (Å²) >= 11 is 1.12. The van der Waals surface area contributed by atoms with Gasteiger partial charge in [0.2, 0.25) is 0 Å². The quantitative estimate of drug-likeness (QED) is 0.637. The molecular formula is C13H11N3O2S. The van der Waals surface area contributed by atoms with Gasteiger partial charge >= 0.3 is 5.00 Å². The Morgan fingerprint density at radius 3 is 2.79 bits per heavy atom. The van der Waals surface area contributed by atoms with Crippen LogP contribution in [0.15, 0.2) is 42.6 Å². The molecule has 0 fully saturated rings. The van der Waals surface area contributed by atoms with Gasteiger partial charge in [0.05, 0.1) is 4.92 Å². The van der Waals surface area contributed by atoms with Crippen molar-refractivity contribution >= 4 is 27.0 Å². The number of nitrogens with zero attached hydrogens (tertiary/aromatic N) is 3. The van der Waals surface area contributed by atoms with Crippen molar-refractivity contribution in [3.63, 3.8) is 0 Å². The van der Waals surface area contributed by atoms with Crippen LogP contribution < -0.4 is 4.90 Å². The fraction of sp³-hybridized carbons (Fsp3) is 0.154. The first kappa shape index (κ1) is 11.9. The summed E-state index contributed by atoms with van der Waals surface area (Å²) in [6.45, 7) is 1.49. The largest absolute Gasteiger partial charge is 0.345 e. The van der Waals surface area contributed by atoms with E-state index in [-0.39, 0.29) is 5.00 Å². The second kappa shape index (κ2) is 4.81. The van der Waals surface area contributed by atoms with Crippen LogP contribution in [0.4, 0.5) is 10.1 Å². The molecule has 19 heavy (non-hydrogen) atoms. The highest BCUT2D eigenvalue weighted by Crippen LogP contribution is 2.32. The van der Waals surface area contributed by atoms with Gasteiger partial charge in [0.15, 0.2) is 5.13 Å². The lowest BCUT2D eigenvalue weighted by molar-refractivity contribution is -0.380. The highest BCUT2D eigenvalue weighted by Gasteiger charge is 2.21. The molecule has 0 bridgehead atoms. The number of anilines is 1. The molecule has 1 aromatic carbocycles. The minimum Gasteiger partial charge on any atom is -0.340 e. The topological polar surface area (TPSA) is 59.3 Å². The maximum atomic E-state index is 10.7. The zero-order valence-corrected chi connectivity index (χ0v) is 10.8. The summed E-state index contributed by atoms with van der Waals surface area (Å²) in [7, 11) is 0. The first-order chi connectivity index (χ1) is 9.24. The molecule has 96 valence electrons. The van der Waals surface area contributed by atoms with E-state index in [1.165, 1.54) is 17.3 Å². The van der Waals surface area contributed by atoms with Crippen molar-refractivity contribution in [1.82, 2.24) is 4.98 Å². The van der Waals surface area contributed by atoms with Crippen molar-refractivity contribution in [3.05, 3.63) is 58.3 Å². The molecule has 0 saturated heterocycles. The fourth-order valence-electron chi connectivity index (χ4n) is 2.05. The van der Waals surface area contributed by atoms with Gasteiger partial charge in [0.1, 0.15) is 6.20 Å². The molecule has 1 aliphatic heterocycles. The Morgan fingerprint density at radius 2 is 2.11 bits per heavy atom. The van der Waals surface area contributed by atoms with E-state index in [2.05, 4.69) is 23.2 Å². The summed E-state index contributed by atoms with van der Waals surface area (Å²) in [5.41, 5.74) is 2.43. The average molecular weight is 273 g/mol. The van der Waals surface area contributed by atoms with Gasteiger partial charge in [-0.1, -0.05) is 36.4 Å². The normalized spacial score (nSPS) is 14.5. The van der Waals surface area contributed by atoms with Gasteiger partial charge in [-0.2, -0.15) is 0 Å². The summed E-state index contributed by atoms with van der Waals surface area (Å²) in [6, 6.07) is 10.1. The van der Waals surface area contributed by atoms with E-state index in [0.29, 0.717) is 5.13 Å². The molecule has 0 N–H and O–H groups in total. The predicted molar refractivity (Wildman–Crippen MR) is 75.4 cm³/mol. The summed E-state index contributed by atoms with van der Waals surface area (Å²) in [4.78, 5) is 16.4. The molecule has 0 radical (unpaired) electrons. The summed E-state index contributed by atoms with van der Waals surface area (Å²) in [6.07, 6.45) is 3.46. The molecule has 6 heteroatoms. The third-order valence-electron chi connectivity index (χ3n) is 3.00. The second-order valence-electron chi connectivity index (χ2n) is 4.21. The molecule has 0 saturated carbocycles. The third-order valence-corrected chi connectivity index (χ3v) is 4.01. The van der Waals surface area contributed by atoms with Crippen molar-refractivity contribution in [2.45, 2.75) is 0 Å². The van der Waals surface area contributed by atoms with Gasteiger partial charge in [-0.3, -0.25) is 10.1 Å². The Balaban J connectivity index is 1.75. The van der Waals surface area contributed by atoms with Crippen LogP contribution in [0.1, 0.15) is 5.56 Å². The summed E-state index contributed by atoms with van der Waals surface area (Å²) in [5, 5.41) is 11.4. The molecule has 5 nitrogen and oxygen atoms in total. The summed E-state index contributed by atoms with van der Waals surface area (Å²) in [5.74, 6) is 0. The average Bonchev–Trinajstić information content (AvgIpc) is 3.09. The Morgan fingerprint density at radius 1 is 1.32 bits per heavy atom. The zero-order chi connectivity index (χ0) is 13.2. The van der Waals surface area contributed by atoms with Gasteiger partial charge < -0.3 is 4.90 Å².